The number of nitrogens with zero attached hydrogens (tertiary/aromatic N) is 4. The molecule has 0 unspecified atom stereocenters. The topological polar surface area (TPSA) is 108 Å². The highest BCUT2D eigenvalue weighted by Gasteiger charge is 2.22. The maximum absolute atomic E-state index is 12.6. The van der Waals surface area contributed by atoms with E-state index in [4.69, 9.17) is 0 Å². The molecule has 8 nitrogen and oxygen atoms in total. The van der Waals surface area contributed by atoms with Crippen molar-refractivity contribution in [2.24, 2.45) is 0 Å². The highest BCUT2D eigenvalue weighted by Crippen LogP contribution is 2.29. The van der Waals surface area contributed by atoms with Crippen LogP contribution in [-0.2, 0) is 0 Å². The summed E-state index contributed by atoms with van der Waals surface area (Å²) < 4.78 is 1.74. The number of amides is 1. The summed E-state index contributed by atoms with van der Waals surface area (Å²) in [4.78, 5) is 17.8. The molecule has 4 heterocycles. The number of aliphatic hydroxyl groups is 1. The van der Waals surface area contributed by atoms with Gasteiger partial charge in [0.05, 0.1) is 23.4 Å². The van der Waals surface area contributed by atoms with Crippen molar-refractivity contribution in [2.75, 3.05) is 0 Å². The van der Waals surface area contributed by atoms with E-state index in [0.29, 0.717) is 4.88 Å². The van der Waals surface area contributed by atoms with Gasteiger partial charge in [0, 0.05) is 41.3 Å². The predicted octanol–water partition coefficient (Wildman–Crippen LogP) is 2.88. The summed E-state index contributed by atoms with van der Waals surface area (Å²) in [5.41, 5.74) is 4.42. The van der Waals surface area contributed by atoms with Crippen LogP contribution in [0.4, 0.5) is 0 Å². The predicted molar refractivity (Wildman–Crippen MR) is 110 cm³/mol. The van der Waals surface area contributed by atoms with E-state index in [1.807, 2.05) is 23.8 Å². The van der Waals surface area contributed by atoms with Crippen LogP contribution in [0.15, 0.2) is 42.4 Å². The molecule has 148 valence electrons. The number of aliphatic hydroxyl groups excluding tert-OH is 1. The van der Waals surface area contributed by atoms with Crippen molar-refractivity contribution in [1.82, 2.24) is 30.1 Å². The Hall–Kier alpha value is -3.04. The third-order valence-electron chi connectivity index (χ3n) is 5.35. The van der Waals surface area contributed by atoms with Crippen LogP contribution in [-0.4, -0.2) is 48.0 Å². The van der Waals surface area contributed by atoms with E-state index < -0.39 is 0 Å². The lowest BCUT2D eigenvalue weighted by Crippen LogP contribution is -2.38. The lowest BCUT2D eigenvalue weighted by molar-refractivity contribution is 0.0871. The van der Waals surface area contributed by atoms with Crippen molar-refractivity contribution in [3.63, 3.8) is 0 Å². The minimum absolute atomic E-state index is 0.0608. The van der Waals surface area contributed by atoms with Crippen LogP contribution in [0.2, 0.25) is 0 Å². The lowest BCUT2D eigenvalue weighted by Gasteiger charge is -2.25. The molecule has 5 rings (SSSR count). The van der Waals surface area contributed by atoms with Gasteiger partial charge in [-0.25, -0.2) is 9.50 Å². The van der Waals surface area contributed by atoms with E-state index in [1.165, 1.54) is 11.3 Å². The Bertz CT molecular complexity index is 1140. The fourth-order valence-electron chi connectivity index (χ4n) is 3.71. The van der Waals surface area contributed by atoms with Crippen molar-refractivity contribution < 1.29 is 9.90 Å². The Kier molecular flexibility index (Phi) is 4.61. The molecule has 0 saturated heterocycles. The molecule has 0 aliphatic heterocycles. The van der Waals surface area contributed by atoms with Gasteiger partial charge >= 0.3 is 0 Å². The van der Waals surface area contributed by atoms with E-state index >= 15 is 0 Å². The normalized spacial score (nSPS) is 19.5. The Balaban J connectivity index is 1.36. The molecular formula is C20H20N6O2S. The van der Waals surface area contributed by atoms with Gasteiger partial charge in [-0.15, -0.1) is 11.3 Å². The summed E-state index contributed by atoms with van der Waals surface area (Å²) >= 11 is 1.42. The first-order valence-electron chi connectivity index (χ1n) is 9.58. The van der Waals surface area contributed by atoms with Gasteiger partial charge in [0.2, 0.25) is 0 Å². The molecule has 29 heavy (non-hydrogen) atoms. The van der Waals surface area contributed by atoms with Gasteiger partial charge in [-0.05, 0) is 42.7 Å². The Morgan fingerprint density at radius 3 is 2.83 bits per heavy atom. The molecule has 0 aromatic carbocycles. The average molecular weight is 408 g/mol. The molecule has 1 saturated carbocycles. The summed E-state index contributed by atoms with van der Waals surface area (Å²) in [6.07, 6.45) is 11.9. The highest BCUT2D eigenvalue weighted by molar-refractivity contribution is 7.12. The molecule has 1 fully saturated rings. The minimum atomic E-state index is -0.228. The smallest absolute Gasteiger partial charge is 0.261 e. The van der Waals surface area contributed by atoms with Gasteiger partial charge in [-0.3, -0.25) is 9.89 Å². The van der Waals surface area contributed by atoms with Crippen LogP contribution in [0.25, 0.3) is 27.9 Å². The maximum Gasteiger partial charge on any atom is 0.261 e. The number of fused-ring (bicyclic) bond motifs is 1. The fourth-order valence-corrected chi connectivity index (χ4v) is 4.52. The molecule has 1 aliphatic carbocycles. The summed E-state index contributed by atoms with van der Waals surface area (Å²) in [5, 5.41) is 25.9. The van der Waals surface area contributed by atoms with E-state index in [2.05, 4.69) is 25.6 Å². The highest BCUT2D eigenvalue weighted by atomic mass is 32.1. The molecule has 4 aromatic heterocycles. The summed E-state index contributed by atoms with van der Waals surface area (Å²) in [5.74, 6) is -0.0608. The van der Waals surface area contributed by atoms with Crippen molar-refractivity contribution in [3.05, 3.63) is 47.3 Å². The Morgan fingerprint density at radius 2 is 2.03 bits per heavy atom. The molecule has 4 aromatic rings. The van der Waals surface area contributed by atoms with Gasteiger partial charge in [0.25, 0.3) is 5.91 Å². The van der Waals surface area contributed by atoms with Crippen LogP contribution in [0, 0.1) is 0 Å². The second-order valence-corrected chi connectivity index (χ2v) is 8.25. The molecule has 0 bridgehead atoms. The standard InChI is InChI=1S/C20H20N6O2S/c27-16-3-1-15(2-4-16)25-20(28)18-5-12(11-29-18)17-9-24-26-10-14(6-21-19(17)26)13-7-22-23-8-13/h5-11,15-16,27H,1-4H2,(H,22,23)(H,25,28). The number of carbonyl (C=O) groups excluding carboxylic acids is 1. The Morgan fingerprint density at radius 1 is 1.17 bits per heavy atom. The molecule has 0 radical (unpaired) electrons. The summed E-state index contributed by atoms with van der Waals surface area (Å²) in [6.45, 7) is 0. The zero-order valence-corrected chi connectivity index (χ0v) is 16.4. The molecule has 0 spiro atoms. The lowest BCUT2D eigenvalue weighted by atomic mass is 9.93. The van der Waals surface area contributed by atoms with Gasteiger partial charge in [0.15, 0.2) is 5.65 Å². The van der Waals surface area contributed by atoms with Crippen LogP contribution in [0.3, 0.4) is 0 Å². The number of nitrogens with one attached hydrogen (secondary N) is 2. The molecular weight excluding hydrogens is 388 g/mol. The van der Waals surface area contributed by atoms with Crippen molar-refractivity contribution in [1.29, 1.82) is 0 Å². The van der Waals surface area contributed by atoms with E-state index in [0.717, 1.165) is 53.6 Å². The van der Waals surface area contributed by atoms with Gasteiger partial charge in [0.1, 0.15) is 0 Å². The van der Waals surface area contributed by atoms with E-state index in [-0.39, 0.29) is 18.1 Å². The van der Waals surface area contributed by atoms with Crippen LogP contribution >= 0.6 is 11.3 Å². The molecule has 1 aliphatic rings. The monoisotopic (exact) mass is 408 g/mol. The van der Waals surface area contributed by atoms with Crippen molar-refractivity contribution in [3.8, 4) is 22.3 Å². The second kappa shape index (κ2) is 7.41. The van der Waals surface area contributed by atoms with Crippen molar-refractivity contribution in [2.45, 2.75) is 37.8 Å². The first-order valence-corrected chi connectivity index (χ1v) is 10.5. The largest absolute Gasteiger partial charge is 0.393 e. The number of hydrogen-bond donors (Lipinski definition) is 3. The SMILES string of the molecule is O=C(NC1CCC(O)CC1)c1cc(-c2cnn3cc(-c4cn[nH]c4)cnc23)cs1. The third kappa shape index (κ3) is 3.54. The number of aromatic nitrogens is 5. The second-order valence-electron chi connectivity index (χ2n) is 7.33. The van der Waals surface area contributed by atoms with Crippen LogP contribution in [0.1, 0.15) is 35.4 Å². The quantitative estimate of drug-likeness (QED) is 0.481. The van der Waals surface area contributed by atoms with Gasteiger partial charge in [-0.1, -0.05) is 0 Å². The first-order chi connectivity index (χ1) is 14.2. The molecule has 1 amide bonds. The van der Waals surface area contributed by atoms with Crippen molar-refractivity contribution >= 4 is 22.9 Å². The van der Waals surface area contributed by atoms with Gasteiger partial charge in [-0.2, -0.15) is 10.2 Å². The van der Waals surface area contributed by atoms with Crippen LogP contribution in [0.5, 0.6) is 0 Å². The average Bonchev–Trinajstić information content (AvgIpc) is 3.49. The summed E-state index contributed by atoms with van der Waals surface area (Å²) in [6, 6.07) is 2.02. The minimum Gasteiger partial charge on any atom is -0.393 e. The first kappa shape index (κ1) is 18.0. The summed E-state index contributed by atoms with van der Waals surface area (Å²) in [7, 11) is 0. The van der Waals surface area contributed by atoms with E-state index in [1.54, 1.807) is 23.1 Å². The van der Waals surface area contributed by atoms with Gasteiger partial charge < -0.3 is 10.4 Å². The molecule has 3 N–H and O–H groups in total. The number of hydrogen-bond acceptors (Lipinski definition) is 6. The number of thiophene rings is 1. The fraction of sp³-hybridized carbons (Fsp3) is 0.300. The maximum atomic E-state index is 12.6. The zero-order chi connectivity index (χ0) is 19.8. The number of carbonyl (C=O) groups is 1. The zero-order valence-electron chi connectivity index (χ0n) is 15.6. The number of aromatic amines is 1. The molecule has 0 atom stereocenters. The number of H-pyrrole nitrogens is 1. The third-order valence-corrected chi connectivity index (χ3v) is 6.28. The Labute approximate surface area is 170 Å². The van der Waals surface area contributed by atoms with Crippen LogP contribution < -0.4 is 5.32 Å². The number of rotatable bonds is 4. The molecule has 9 heteroatoms. The van der Waals surface area contributed by atoms with E-state index in [9.17, 15) is 9.90 Å².